The van der Waals surface area contributed by atoms with Crippen LogP contribution in [-0.2, 0) is 25.5 Å². The van der Waals surface area contributed by atoms with Gasteiger partial charge in [-0.3, -0.25) is 4.98 Å². The van der Waals surface area contributed by atoms with E-state index in [4.69, 9.17) is 14.9 Å². The number of nitrogens with zero attached hydrogens (tertiary/aromatic N) is 3. The Kier molecular flexibility index (Phi) is 12.0. The predicted molar refractivity (Wildman–Crippen MR) is 285 cm³/mol. The SMILES string of the molecule is CC(C)c1cc(C(C)(C)C)cc(C(C)C)c1-n1c(-c2[c-]cc3oc4c(ccc5c6ccccc6ccc54)c3c2)nc2ccccc21.[2H]C([2H])([2H])c1c[c-]c(-c2cc(C([2H])(C)C)[c]([Ge]([CH3])([CH3])[CH3])cn2)cc1.[Ir]. The fourth-order valence-electron chi connectivity index (χ4n) is 9.28. The third-order valence-electron chi connectivity index (χ3n) is 12.9. The first-order valence-corrected chi connectivity index (χ1v) is 30.6. The fourth-order valence-corrected chi connectivity index (χ4v) is 12.6. The molecule has 0 bridgehead atoms. The van der Waals surface area contributed by atoms with Crippen LogP contribution >= 0.6 is 0 Å². The normalized spacial score (nSPS) is 13.5. The van der Waals surface area contributed by atoms with Crippen molar-refractivity contribution in [3.8, 4) is 28.3 Å². The van der Waals surface area contributed by atoms with Gasteiger partial charge >= 0.3 is 131 Å². The van der Waals surface area contributed by atoms with E-state index in [0.29, 0.717) is 11.8 Å². The zero-order chi connectivity index (χ0) is 50.2. The van der Waals surface area contributed by atoms with Crippen molar-refractivity contribution < 1.29 is 30.0 Å². The van der Waals surface area contributed by atoms with Crippen LogP contribution in [0.2, 0.25) is 17.3 Å². The largest absolute Gasteiger partial charge is 0 e. The summed E-state index contributed by atoms with van der Waals surface area (Å²) in [6.45, 7) is 17.8. The monoisotopic (exact) mass is 1120 g/mol. The Morgan fingerprint density at radius 2 is 1.34 bits per heavy atom. The molecule has 10 aromatic rings. The summed E-state index contributed by atoms with van der Waals surface area (Å²) in [6.07, 6.45) is 1.91. The van der Waals surface area contributed by atoms with Crippen LogP contribution in [0.3, 0.4) is 0 Å². The number of pyridine rings is 1. The number of fused-ring (bicyclic) bond motifs is 8. The Labute approximate surface area is 419 Å². The van der Waals surface area contributed by atoms with Crippen molar-refractivity contribution in [1.82, 2.24) is 14.5 Å². The van der Waals surface area contributed by atoms with Crippen molar-refractivity contribution in [3.63, 3.8) is 0 Å². The Bertz CT molecular complexity index is 3580. The molecule has 10 rings (SSSR count). The topological polar surface area (TPSA) is 43.9 Å². The summed E-state index contributed by atoms with van der Waals surface area (Å²) in [6, 6.07) is 48.4. The van der Waals surface area contributed by atoms with E-state index in [-0.39, 0.29) is 31.1 Å². The molecule has 0 spiro atoms. The van der Waals surface area contributed by atoms with E-state index in [0.717, 1.165) is 66.6 Å². The number of furan rings is 1. The number of aromatic nitrogens is 3. The number of aryl methyl sites for hydroxylation is 1. The zero-order valence-electron chi connectivity index (χ0n) is 44.9. The number of benzene rings is 7. The number of imidazole rings is 1. The van der Waals surface area contributed by atoms with E-state index >= 15 is 0 Å². The summed E-state index contributed by atoms with van der Waals surface area (Å²) in [5.74, 6) is 7.74. The van der Waals surface area contributed by atoms with Crippen LogP contribution in [0, 0.1) is 19.0 Å². The van der Waals surface area contributed by atoms with Crippen LogP contribution in [0.5, 0.6) is 0 Å². The third kappa shape index (κ3) is 9.20. The maximum atomic E-state index is 8.49. The van der Waals surface area contributed by atoms with Gasteiger partial charge in [0.2, 0.25) is 0 Å². The minimum Gasteiger partial charge on any atom is 0 e. The molecule has 343 valence electrons. The van der Waals surface area contributed by atoms with Gasteiger partial charge in [-0.15, -0.1) is 23.8 Å². The predicted octanol–water partition coefficient (Wildman–Crippen LogP) is 16.8. The second kappa shape index (κ2) is 18.6. The van der Waals surface area contributed by atoms with Gasteiger partial charge in [0.25, 0.3) is 0 Å². The molecule has 0 aliphatic heterocycles. The molecule has 3 aromatic heterocycles. The van der Waals surface area contributed by atoms with Gasteiger partial charge in [-0.1, -0.05) is 127 Å². The second-order valence-electron chi connectivity index (χ2n) is 20.7. The number of hydrogen-bond donors (Lipinski definition) is 0. The van der Waals surface area contributed by atoms with Gasteiger partial charge in [0.15, 0.2) is 0 Å². The number of para-hydroxylation sites is 2. The van der Waals surface area contributed by atoms with Crippen LogP contribution in [0.15, 0.2) is 132 Å². The molecule has 0 N–H and O–H groups in total. The van der Waals surface area contributed by atoms with E-state index in [2.05, 4.69) is 178 Å². The average molecular weight is 1120 g/mol. The van der Waals surface area contributed by atoms with Crippen molar-refractivity contribution in [2.75, 3.05) is 0 Å². The molecule has 0 fully saturated rings. The van der Waals surface area contributed by atoms with Crippen LogP contribution in [0.25, 0.3) is 82.8 Å². The second-order valence-corrected chi connectivity index (χ2v) is 31.3. The molecule has 0 aliphatic carbocycles. The molecule has 0 amide bonds. The molecule has 7 aromatic carbocycles. The van der Waals surface area contributed by atoms with E-state index < -0.39 is 26.0 Å². The Hall–Kier alpha value is -5.33. The number of rotatable bonds is 7. The van der Waals surface area contributed by atoms with E-state index in [1.165, 1.54) is 49.0 Å². The standard InChI is InChI=1S/C43H39N2O.C18H24GeN.Ir/c1-25(2)34-23-29(43(5,6)7)24-35(26(3)4)40(34)45-38-15-11-10-14-37(38)44-42(45)28-17-21-39-36(22-28)33-20-19-31-30-13-9-8-12-27(30)16-18-32(31)41(33)46-39;1-13(2)16-11-18(15-9-7-14(3)8-10-15)20-12-17(16)19(4,5)6;/h8-16,18-26H,1-7H3;7-9,11-13H,1-6H3;/q2*-1;/i;3D3,13D;. The van der Waals surface area contributed by atoms with Crippen molar-refractivity contribution in [3.05, 3.63) is 167 Å². The summed E-state index contributed by atoms with van der Waals surface area (Å²) in [7, 11) is 0. The van der Waals surface area contributed by atoms with Gasteiger partial charge in [-0.2, -0.15) is 0 Å². The van der Waals surface area contributed by atoms with E-state index in [9.17, 15) is 0 Å². The van der Waals surface area contributed by atoms with Gasteiger partial charge in [-0.25, -0.2) is 0 Å². The minimum absolute atomic E-state index is 0. The molecule has 0 saturated carbocycles. The summed E-state index contributed by atoms with van der Waals surface area (Å²) in [4.78, 5) is 9.86. The third-order valence-corrected chi connectivity index (χ3v) is 17.2. The van der Waals surface area contributed by atoms with Crippen LogP contribution in [0.4, 0.5) is 0 Å². The minimum atomic E-state index is -2.14. The molecule has 1 radical (unpaired) electrons. The molecule has 4 nitrogen and oxygen atoms in total. The first-order valence-electron chi connectivity index (χ1n) is 25.3. The summed E-state index contributed by atoms with van der Waals surface area (Å²) < 4.78 is 41.0. The summed E-state index contributed by atoms with van der Waals surface area (Å²) in [5, 5.41) is 6.99. The molecule has 0 aliphatic rings. The molecule has 6 heteroatoms. The Balaban J connectivity index is 0.000000230. The van der Waals surface area contributed by atoms with Crippen molar-refractivity contribution in [2.45, 2.75) is 110 Å². The fraction of sp³-hybridized carbons (Fsp3) is 0.279. The summed E-state index contributed by atoms with van der Waals surface area (Å²) >= 11 is -2.14. The molecule has 0 saturated heterocycles. The molecular formula is C61H63GeIrN3O-2. The van der Waals surface area contributed by atoms with Crippen LogP contribution < -0.4 is 4.40 Å². The maximum absolute atomic E-state index is 8.49. The molecule has 67 heavy (non-hydrogen) atoms. The van der Waals surface area contributed by atoms with Crippen LogP contribution in [0.1, 0.15) is 113 Å². The van der Waals surface area contributed by atoms with Crippen molar-refractivity contribution >= 4 is 72.2 Å². The Morgan fingerprint density at radius 3 is 2.00 bits per heavy atom. The quantitative estimate of drug-likeness (QED) is 0.0907. The molecule has 0 atom stereocenters. The van der Waals surface area contributed by atoms with Crippen molar-refractivity contribution in [1.29, 1.82) is 0 Å². The zero-order valence-corrected chi connectivity index (χ0v) is 45.4. The summed E-state index contributed by atoms with van der Waals surface area (Å²) in [5.41, 5.74) is 12.9. The molecular weight excluding hydrogens is 1060 g/mol. The smallest absolute Gasteiger partial charge is 0 e. The first kappa shape index (κ1) is 43.0. The van der Waals surface area contributed by atoms with Gasteiger partial charge in [0, 0.05) is 36.6 Å². The van der Waals surface area contributed by atoms with Gasteiger partial charge in [0.05, 0.1) is 22.4 Å². The van der Waals surface area contributed by atoms with Crippen molar-refractivity contribution in [2.24, 2.45) is 0 Å². The van der Waals surface area contributed by atoms with Gasteiger partial charge in [0.1, 0.15) is 5.58 Å². The van der Waals surface area contributed by atoms with Gasteiger partial charge in [-0.05, 0) is 62.2 Å². The Morgan fingerprint density at radius 1 is 0.687 bits per heavy atom. The van der Waals surface area contributed by atoms with Crippen LogP contribution in [-0.4, -0.2) is 27.8 Å². The molecule has 0 unspecified atom stereocenters. The first-order chi connectivity index (χ1) is 32.9. The number of hydrogen-bond acceptors (Lipinski definition) is 3. The van der Waals surface area contributed by atoms with E-state index in [1.54, 1.807) is 12.1 Å². The van der Waals surface area contributed by atoms with E-state index in [1.807, 2.05) is 32.2 Å². The van der Waals surface area contributed by atoms with Gasteiger partial charge < -0.3 is 8.98 Å². The maximum Gasteiger partial charge on any atom is 0 e. The molecule has 3 heterocycles. The average Bonchev–Trinajstić information content (AvgIpc) is 3.88.